The van der Waals surface area contributed by atoms with Gasteiger partial charge < -0.3 is 10.0 Å². The van der Waals surface area contributed by atoms with Gasteiger partial charge in [-0.2, -0.15) is 0 Å². The summed E-state index contributed by atoms with van der Waals surface area (Å²) in [6.45, 7) is 8.23. The van der Waals surface area contributed by atoms with Crippen molar-refractivity contribution in [2.75, 3.05) is 18.3 Å². The molecule has 0 spiro atoms. The molecule has 2 aromatic carbocycles. The Morgan fingerprint density at radius 3 is 2.44 bits per heavy atom. The first-order chi connectivity index (χ1) is 14.8. The van der Waals surface area contributed by atoms with Crippen LogP contribution >= 0.6 is 11.6 Å². The normalized spacial score (nSPS) is 18.3. The molecule has 0 aromatic heterocycles. The van der Waals surface area contributed by atoms with Crippen molar-refractivity contribution >= 4 is 33.0 Å². The van der Waals surface area contributed by atoms with Gasteiger partial charge in [-0.1, -0.05) is 44.5 Å². The number of nitrogens with one attached hydrogen (secondary N) is 2. The summed E-state index contributed by atoms with van der Waals surface area (Å²) in [5.74, 6) is -0.736. The van der Waals surface area contributed by atoms with E-state index in [9.17, 15) is 17.9 Å². The van der Waals surface area contributed by atoms with E-state index in [2.05, 4.69) is 10.0 Å². The summed E-state index contributed by atoms with van der Waals surface area (Å²) in [5, 5.41) is 13.1. The second-order valence-corrected chi connectivity index (χ2v) is 11.1. The van der Waals surface area contributed by atoms with Crippen molar-refractivity contribution in [1.29, 1.82) is 0 Å². The lowest BCUT2D eigenvalue weighted by Crippen LogP contribution is -2.52. The number of aliphatic hydroxyl groups excluding tert-OH is 1. The van der Waals surface area contributed by atoms with Crippen molar-refractivity contribution < 1.29 is 17.9 Å². The monoisotopic (exact) mass is 481 g/mol. The van der Waals surface area contributed by atoms with Gasteiger partial charge in [-0.25, -0.2) is 12.8 Å². The molecule has 3 rings (SSSR count). The van der Waals surface area contributed by atoms with Crippen LogP contribution in [-0.2, 0) is 15.4 Å². The molecule has 0 aliphatic carbocycles. The molecule has 9 heteroatoms. The Balaban J connectivity index is 2.01. The topological polar surface area (TPSA) is 81.7 Å². The molecule has 1 heterocycles. The van der Waals surface area contributed by atoms with Crippen LogP contribution < -0.4 is 10.0 Å². The van der Waals surface area contributed by atoms with Crippen molar-refractivity contribution in [3.8, 4) is 0 Å². The number of hydrogen-bond acceptors (Lipinski definition) is 5. The summed E-state index contributed by atoms with van der Waals surface area (Å²) in [4.78, 5) is 1.84. The first-order valence-corrected chi connectivity index (χ1v) is 12.1. The summed E-state index contributed by atoms with van der Waals surface area (Å²) in [6, 6.07) is 9.09. The predicted octanol–water partition coefficient (Wildman–Crippen LogP) is 4.16. The summed E-state index contributed by atoms with van der Waals surface area (Å²) < 4.78 is 43.0. The molecule has 0 radical (unpaired) electrons. The Kier molecular flexibility index (Phi) is 6.91. The van der Waals surface area contributed by atoms with Gasteiger partial charge in [-0.05, 0) is 42.2 Å². The Hall–Kier alpha value is -2.13. The van der Waals surface area contributed by atoms with Crippen LogP contribution in [0.15, 0.2) is 47.4 Å². The van der Waals surface area contributed by atoms with Crippen molar-refractivity contribution in [3.05, 3.63) is 64.4 Å². The molecule has 2 aromatic rings. The van der Waals surface area contributed by atoms with Crippen LogP contribution in [0.1, 0.15) is 38.8 Å². The quantitative estimate of drug-likeness (QED) is 0.597. The standard InChI is InChI=1S/C23H29ClFN3O3S/c1-14(29)22-26-11-10-21(28(22)5)17-12-18(24)19(25)13-20(17)27-32(30,31)16-8-6-15(7-9-16)23(2,3)4/h6-10,12-14,22,26-27,29H,11H2,1-5H3/t14-,22?/m0/s1. The minimum absolute atomic E-state index is 0.0659. The van der Waals surface area contributed by atoms with Gasteiger partial charge >= 0.3 is 0 Å². The molecule has 2 atom stereocenters. The molecule has 6 nitrogen and oxygen atoms in total. The fraction of sp³-hybridized carbons (Fsp3) is 0.391. The predicted molar refractivity (Wildman–Crippen MR) is 127 cm³/mol. The summed E-state index contributed by atoms with van der Waals surface area (Å²) in [5.41, 5.74) is 1.99. The highest BCUT2D eigenvalue weighted by atomic mass is 35.5. The van der Waals surface area contributed by atoms with E-state index in [-0.39, 0.29) is 21.0 Å². The first-order valence-electron chi connectivity index (χ1n) is 10.3. The maximum Gasteiger partial charge on any atom is 0.261 e. The zero-order valence-electron chi connectivity index (χ0n) is 18.8. The largest absolute Gasteiger partial charge is 0.390 e. The molecule has 32 heavy (non-hydrogen) atoms. The average Bonchev–Trinajstić information content (AvgIpc) is 2.70. The number of hydrogen-bond donors (Lipinski definition) is 3. The van der Waals surface area contributed by atoms with Crippen LogP contribution in [0.5, 0.6) is 0 Å². The van der Waals surface area contributed by atoms with Gasteiger partial charge in [0.2, 0.25) is 0 Å². The van der Waals surface area contributed by atoms with Crippen LogP contribution in [-0.4, -0.2) is 44.3 Å². The Morgan fingerprint density at radius 2 is 1.88 bits per heavy atom. The highest BCUT2D eigenvalue weighted by molar-refractivity contribution is 7.92. The SMILES string of the molecule is C[C@H](O)C1NCC=C(c2cc(Cl)c(F)cc2NS(=O)(=O)c2ccc(C(C)(C)C)cc2)N1C. The van der Waals surface area contributed by atoms with E-state index in [0.29, 0.717) is 17.8 Å². The van der Waals surface area contributed by atoms with Crippen molar-refractivity contribution in [3.63, 3.8) is 0 Å². The van der Waals surface area contributed by atoms with Crippen LogP contribution in [0, 0.1) is 5.82 Å². The molecular weight excluding hydrogens is 453 g/mol. The number of anilines is 1. The van der Waals surface area contributed by atoms with E-state index in [1.54, 1.807) is 31.0 Å². The van der Waals surface area contributed by atoms with Gasteiger partial charge in [-0.3, -0.25) is 10.0 Å². The highest BCUT2D eigenvalue weighted by Gasteiger charge is 2.28. The third-order valence-electron chi connectivity index (χ3n) is 5.49. The van der Waals surface area contributed by atoms with Gasteiger partial charge in [0.15, 0.2) is 0 Å². The van der Waals surface area contributed by atoms with E-state index in [1.807, 2.05) is 26.8 Å². The lowest BCUT2D eigenvalue weighted by atomic mass is 9.87. The van der Waals surface area contributed by atoms with E-state index in [1.165, 1.54) is 18.2 Å². The second-order valence-electron chi connectivity index (χ2n) is 8.99. The fourth-order valence-electron chi connectivity index (χ4n) is 3.68. The number of halogens is 2. The molecule has 0 fully saturated rings. The number of sulfonamides is 1. The van der Waals surface area contributed by atoms with Crippen molar-refractivity contribution in [2.45, 2.75) is 50.3 Å². The van der Waals surface area contributed by atoms with Crippen LogP contribution in [0.3, 0.4) is 0 Å². The lowest BCUT2D eigenvalue weighted by Gasteiger charge is -2.38. The molecular formula is C23H29ClFN3O3S. The molecule has 1 aliphatic heterocycles. The minimum Gasteiger partial charge on any atom is -0.390 e. The van der Waals surface area contributed by atoms with Crippen LogP contribution in [0.4, 0.5) is 10.1 Å². The van der Waals surface area contributed by atoms with E-state index >= 15 is 0 Å². The highest BCUT2D eigenvalue weighted by Crippen LogP contribution is 2.34. The number of aliphatic hydroxyl groups is 1. The maximum absolute atomic E-state index is 14.3. The number of nitrogens with zero attached hydrogens (tertiary/aromatic N) is 1. The number of benzene rings is 2. The van der Waals surface area contributed by atoms with Gasteiger partial charge in [0.05, 0.1) is 21.7 Å². The van der Waals surface area contributed by atoms with Gasteiger partial charge in [-0.15, -0.1) is 0 Å². The zero-order valence-corrected chi connectivity index (χ0v) is 20.4. The molecule has 1 aliphatic rings. The smallest absolute Gasteiger partial charge is 0.261 e. The lowest BCUT2D eigenvalue weighted by molar-refractivity contribution is 0.0831. The Bertz CT molecular complexity index is 1130. The van der Waals surface area contributed by atoms with Gasteiger partial charge in [0.1, 0.15) is 12.0 Å². The summed E-state index contributed by atoms with van der Waals surface area (Å²) >= 11 is 6.04. The molecule has 0 saturated carbocycles. The van der Waals surface area contributed by atoms with Crippen molar-refractivity contribution in [1.82, 2.24) is 10.2 Å². The molecule has 3 N–H and O–H groups in total. The number of rotatable bonds is 5. The molecule has 0 saturated heterocycles. The molecule has 1 unspecified atom stereocenters. The third-order valence-corrected chi connectivity index (χ3v) is 7.16. The summed E-state index contributed by atoms with van der Waals surface area (Å²) in [7, 11) is -2.22. The fourth-order valence-corrected chi connectivity index (χ4v) is 4.92. The minimum atomic E-state index is -3.98. The number of likely N-dealkylation sites (N-methyl/N-ethyl adjacent to an activating group) is 1. The first kappa shape index (κ1) is 24.5. The van der Waals surface area contributed by atoms with Gasteiger partial charge in [0.25, 0.3) is 10.0 Å². The van der Waals surface area contributed by atoms with Crippen LogP contribution in [0.25, 0.3) is 5.70 Å². The second kappa shape index (κ2) is 9.02. The van der Waals surface area contributed by atoms with Gasteiger partial charge in [0, 0.05) is 30.9 Å². The molecule has 0 amide bonds. The third kappa shape index (κ3) is 5.09. The van der Waals surface area contributed by atoms with Crippen molar-refractivity contribution in [2.24, 2.45) is 0 Å². The van der Waals surface area contributed by atoms with E-state index in [0.717, 1.165) is 11.6 Å². The Labute approximate surface area is 194 Å². The van der Waals surface area contributed by atoms with E-state index < -0.39 is 28.1 Å². The Morgan fingerprint density at radius 1 is 1.25 bits per heavy atom. The van der Waals surface area contributed by atoms with Crippen LogP contribution in [0.2, 0.25) is 5.02 Å². The summed E-state index contributed by atoms with van der Waals surface area (Å²) in [6.07, 6.45) is 0.743. The van der Waals surface area contributed by atoms with E-state index in [4.69, 9.17) is 11.6 Å². The average molecular weight is 482 g/mol. The maximum atomic E-state index is 14.3. The molecule has 0 bridgehead atoms. The molecule has 174 valence electrons. The zero-order chi connectivity index (χ0) is 23.8.